The van der Waals surface area contributed by atoms with Crippen LogP contribution < -0.4 is 20.1 Å². The fraction of sp³-hybridized carbons (Fsp3) is 0.429. The van der Waals surface area contributed by atoms with Crippen LogP contribution in [0.25, 0.3) is 0 Å². The minimum absolute atomic E-state index is 0.00502. The molecule has 0 saturated heterocycles. The van der Waals surface area contributed by atoms with Gasteiger partial charge in [-0.1, -0.05) is 11.6 Å². The zero-order chi connectivity index (χ0) is 15.9. The summed E-state index contributed by atoms with van der Waals surface area (Å²) in [5.74, 6) is 0.186. The van der Waals surface area contributed by atoms with Gasteiger partial charge in [0.05, 0.1) is 23.9 Å². The highest BCUT2D eigenvalue weighted by Gasteiger charge is 2.15. The first-order chi connectivity index (χ1) is 10.6. The van der Waals surface area contributed by atoms with Crippen molar-refractivity contribution in [2.75, 3.05) is 25.1 Å². The molecule has 0 atom stereocenters. The van der Waals surface area contributed by atoms with E-state index in [1.54, 1.807) is 12.1 Å². The Bertz CT molecular complexity index is 564. The number of carbonyl (C=O) groups excluding carboxylic acids is 1. The summed E-state index contributed by atoms with van der Waals surface area (Å²) in [6, 6.07) is 2.75. The smallest absolute Gasteiger partial charge is 0.319 e. The van der Waals surface area contributed by atoms with Gasteiger partial charge in [0.25, 0.3) is 0 Å². The lowest BCUT2D eigenvalue weighted by Gasteiger charge is -2.13. The highest BCUT2D eigenvalue weighted by molar-refractivity contribution is 6.34. The quantitative estimate of drug-likeness (QED) is 0.721. The summed E-state index contributed by atoms with van der Waals surface area (Å²) in [6.07, 6.45) is 1.14. The first kappa shape index (κ1) is 16.2. The number of aliphatic carboxylic acids is 1. The second-order valence-corrected chi connectivity index (χ2v) is 5.11. The standard InChI is InChI=1S/C14H17ClN2O5/c15-9-7-11-12(22-6-2-5-21-11)8-10(9)17-14(20)16-4-1-3-13(18)19/h7-8H,1-6H2,(H,18,19)(H2,16,17,20). The summed E-state index contributed by atoms with van der Waals surface area (Å²) >= 11 is 6.11. The lowest BCUT2D eigenvalue weighted by atomic mass is 10.2. The van der Waals surface area contributed by atoms with Crippen LogP contribution in [0.1, 0.15) is 19.3 Å². The molecule has 0 radical (unpaired) electrons. The number of fused-ring (bicyclic) bond motifs is 1. The third-order valence-electron chi connectivity index (χ3n) is 2.94. The number of hydrogen-bond donors (Lipinski definition) is 3. The molecule has 1 aromatic rings. The van der Waals surface area contributed by atoms with Crippen LogP contribution in [0.2, 0.25) is 5.02 Å². The Morgan fingerprint density at radius 1 is 1.23 bits per heavy atom. The van der Waals surface area contributed by atoms with Gasteiger partial charge in [-0.3, -0.25) is 4.79 Å². The van der Waals surface area contributed by atoms with Gasteiger partial charge in [-0.2, -0.15) is 0 Å². The van der Waals surface area contributed by atoms with Gasteiger partial charge in [-0.25, -0.2) is 4.79 Å². The van der Waals surface area contributed by atoms with Gasteiger partial charge >= 0.3 is 12.0 Å². The fourth-order valence-electron chi connectivity index (χ4n) is 1.89. The number of amides is 2. The van der Waals surface area contributed by atoms with Crippen molar-refractivity contribution in [1.29, 1.82) is 0 Å². The molecule has 2 rings (SSSR count). The number of hydrogen-bond acceptors (Lipinski definition) is 4. The number of carbonyl (C=O) groups is 2. The van der Waals surface area contributed by atoms with Crippen LogP contribution in [0.5, 0.6) is 11.5 Å². The Hall–Kier alpha value is -2.15. The van der Waals surface area contributed by atoms with Gasteiger partial charge in [0, 0.05) is 31.5 Å². The van der Waals surface area contributed by atoms with Crippen molar-refractivity contribution in [3.63, 3.8) is 0 Å². The zero-order valence-corrected chi connectivity index (χ0v) is 12.6. The minimum atomic E-state index is -0.895. The van der Waals surface area contributed by atoms with E-state index in [0.717, 1.165) is 6.42 Å². The summed E-state index contributed by atoms with van der Waals surface area (Å²) in [5, 5.41) is 14.0. The number of urea groups is 1. The summed E-state index contributed by atoms with van der Waals surface area (Å²) in [7, 11) is 0. The molecule has 1 aliphatic heterocycles. The lowest BCUT2D eigenvalue weighted by molar-refractivity contribution is -0.137. The molecule has 8 heteroatoms. The Labute approximate surface area is 132 Å². The molecular formula is C14H17ClN2O5. The molecule has 3 N–H and O–H groups in total. The largest absolute Gasteiger partial charge is 0.490 e. The molecule has 0 saturated carbocycles. The molecule has 1 heterocycles. The van der Waals surface area contributed by atoms with Gasteiger partial charge in [-0.05, 0) is 6.42 Å². The number of anilines is 1. The monoisotopic (exact) mass is 328 g/mol. The van der Waals surface area contributed by atoms with Crippen LogP contribution in [0.15, 0.2) is 12.1 Å². The van der Waals surface area contributed by atoms with Crippen molar-refractivity contribution >= 4 is 29.3 Å². The molecule has 120 valence electrons. The zero-order valence-electron chi connectivity index (χ0n) is 11.9. The predicted octanol–water partition coefficient (Wildman–Crippen LogP) is 2.49. The molecule has 0 spiro atoms. The van der Waals surface area contributed by atoms with Crippen molar-refractivity contribution in [2.24, 2.45) is 0 Å². The number of halogens is 1. The normalized spacial score (nSPS) is 13.1. The van der Waals surface area contributed by atoms with Gasteiger partial charge in [0.1, 0.15) is 0 Å². The van der Waals surface area contributed by atoms with Gasteiger partial charge in [0.15, 0.2) is 11.5 Å². The van der Waals surface area contributed by atoms with Crippen molar-refractivity contribution in [2.45, 2.75) is 19.3 Å². The fourth-order valence-corrected chi connectivity index (χ4v) is 2.09. The van der Waals surface area contributed by atoms with Gasteiger partial charge < -0.3 is 25.2 Å². The molecule has 0 unspecified atom stereocenters. The van der Waals surface area contributed by atoms with E-state index in [2.05, 4.69) is 10.6 Å². The topological polar surface area (TPSA) is 96.9 Å². The molecule has 0 fully saturated rings. The third kappa shape index (κ3) is 4.70. The van der Waals surface area contributed by atoms with E-state index < -0.39 is 12.0 Å². The van der Waals surface area contributed by atoms with Crippen molar-refractivity contribution < 1.29 is 24.2 Å². The maximum absolute atomic E-state index is 11.7. The van der Waals surface area contributed by atoms with Crippen LogP contribution in [-0.2, 0) is 4.79 Å². The molecule has 0 bridgehead atoms. The Kier molecular flexibility index (Phi) is 5.71. The molecule has 22 heavy (non-hydrogen) atoms. The number of rotatable bonds is 5. The summed E-state index contributed by atoms with van der Waals surface area (Å²) in [5.41, 5.74) is 0.404. The Morgan fingerprint density at radius 2 is 1.91 bits per heavy atom. The first-order valence-electron chi connectivity index (χ1n) is 6.92. The van der Waals surface area contributed by atoms with Crippen molar-refractivity contribution in [3.05, 3.63) is 17.2 Å². The molecule has 2 amide bonds. The SMILES string of the molecule is O=C(O)CCCNC(=O)Nc1cc2c(cc1Cl)OCCCO2. The highest BCUT2D eigenvalue weighted by atomic mass is 35.5. The van der Waals surface area contributed by atoms with Crippen LogP contribution >= 0.6 is 11.6 Å². The van der Waals surface area contributed by atoms with E-state index >= 15 is 0 Å². The number of nitrogens with one attached hydrogen (secondary N) is 2. The van der Waals surface area contributed by atoms with E-state index in [1.807, 2.05) is 0 Å². The average Bonchev–Trinajstić information content (AvgIpc) is 2.69. The van der Waals surface area contributed by atoms with Crippen molar-refractivity contribution in [1.82, 2.24) is 5.32 Å². The van der Waals surface area contributed by atoms with E-state index in [4.69, 9.17) is 26.2 Å². The molecule has 1 aromatic carbocycles. The maximum Gasteiger partial charge on any atom is 0.319 e. The molecule has 7 nitrogen and oxygen atoms in total. The predicted molar refractivity (Wildman–Crippen MR) is 81.0 cm³/mol. The van der Waals surface area contributed by atoms with Crippen LogP contribution in [0.4, 0.5) is 10.5 Å². The average molecular weight is 329 g/mol. The summed E-state index contributed by atoms with van der Waals surface area (Å²) in [4.78, 5) is 22.1. The highest BCUT2D eigenvalue weighted by Crippen LogP contribution is 2.37. The number of benzene rings is 1. The molecule has 0 aromatic heterocycles. The second-order valence-electron chi connectivity index (χ2n) is 4.71. The van der Waals surface area contributed by atoms with E-state index in [0.29, 0.717) is 41.8 Å². The number of carboxylic acid groups (broad SMARTS) is 1. The van der Waals surface area contributed by atoms with E-state index in [-0.39, 0.29) is 13.0 Å². The van der Waals surface area contributed by atoms with E-state index in [9.17, 15) is 9.59 Å². The molecular weight excluding hydrogens is 312 g/mol. The van der Waals surface area contributed by atoms with Crippen LogP contribution in [-0.4, -0.2) is 36.9 Å². The van der Waals surface area contributed by atoms with Crippen LogP contribution in [0, 0.1) is 0 Å². The summed E-state index contributed by atoms with van der Waals surface area (Å²) in [6.45, 7) is 1.36. The Balaban J connectivity index is 1.93. The van der Waals surface area contributed by atoms with Crippen LogP contribution in [0.3, 0.4) is 0 Å². The van der Waals surface area contributed by atoms with Gasteiger partial charge in [-0.15, -0.1) is 0 Å². The summed E-state index contributed by atoms with van der Waals surface area (Å²) < 4.78 is 11.0. The van der Waals surface area contributed by atoms with E-state index in [1.165, 1.54) is 0 Å². The Morgan fingerprint density at radius 3 is 2.59 bits per heavy atom. The van der Waals surface area contributed by atoms with Gasteiger partial charge in [0.2, 0.25) is 0 Å². The minimum Gasteiger partial charge on any atom is -0.490 e. The number of ether oxygens (including phenoxy) is 2. The lowest BCUT2D eigenvalue weighted by Crippen LogP contribution is -2.29. The third-order valence-corrected chi connectivity index (χ3v) is 3.25. The second kappa shape index (κ2) is 7.74. The molecule has 0 aliphatic carbocycles. The maximum atomic E-state index is 11.7. The molecule has 1 aliphatic rings. The first-order valence-corrected chi connectivity index (χ1v) is 7.30. The van der Waals surface area contributed by atoms with Crippen molar-refractivity contribution in [3.8, 4) is 11.5 Å². The number of carboxylic acids is 1.